The van der Waals surface area contributed by atoms with Gasteiger partial charge in [0.2, 0.25) is 0 Å². The van der Waals surface area contributed by atoms with Crippen LogP contribution in [0, 0.1) is 5.41 Å². The van der Waals surface area contributed by atoms with Gasteiger partial charge in [-0.25, -0.2) is 0 Å². The lowest BCUT2D eigenvalue weighted by atomic mass is 9.79. The van der Waals surface area contributed by atoms with Crippen molar-refractivity contribution in [2.24, 2.45) is 5.41 Å². The third kappa shape index (κ3) is 4.90. The predicted molar refractivity (Wildman–Crippen MR) is 103 cm³/mol. The third-order valence-corrected chi connectivity index (χ3v) is 5.89. The fourth-order valence-electron chi connectivity index (χ4n) is 3.31. The number of amides is 1. The first kappa shape index (κ1) is 19.0. The maximum absolute atomic E-state index is 12.7. The number of thioether (sulfide) groups is 1. The largest absolute Gasteiger partial charge is 0.459 e. The quantitative estimate of drug-likeness (QED) is 0.694. The first-order chi connectivity index (χ1) is 12.7. The number of furan rings is 1. The molecule has 2 heterocycles. The van der Waals surface area contributed by atoms with E-state index in [1.165, 1.54) is 4.90 Å². The highest BCUT2D eigenvalue weighted by atomic mass is 32.2. The van der Waals surface area contributed by atoms with E-state index in [2.05, 4.69) is 22.8 Å². The molecule has 0 radical (unpaired) electrons. The van der Waals surface area contributed by atoms with E-state index >= 15 is 0 Å². The molecule has 0 aliphatic carbocycles. The van der Waals surface area contributed by atoms with Crippen LogP contribution in [-0.2, 0) is 10.5 Å². The Balaban J connectivity index is 1.59. The monoisotopic (exact) mass is 374 g/mol. The lowest BCUT2D eigenvalue weighted by Gasteiger charge is -2.37. The summed E-state index contributed by atoms with van der Waals surface area (Å²) in [5.41, 5.74) is 0.920. The maximum atomic E-state index is 12.7. The standard InChI is InChI=1S/C20H26N2O3S/c1-24-15-20(8-10-21-11-9-20)14-22-19(23)18-16(7-12-25-18)13-26-17-5-3-2-4-6-17/h2-7,12,21H,8-11,13-15H2,1H3,(H,22,23). The maximum Gasteiger partial charge on any atom is 0.287 e. The van der Waals surface area contributed by atoms with Gasteiger partial charge in [0, 0.05) is 35.3 Å². The number of hydrogen-bond acceptors (Lipinski definition) is 5. The Kier molecular flexibility index (Phi) is 6.77. The number of benzene rings is 1. The van der Waals surface area contributed by atoms with Gasteiger partial charge in [-0.1, -0.05) is 18.2 Å². The summed E-state index contributed by atoms with van der Waals surface area (Å²) in [6.07, 6.45) is 3.58. The number of hydrogen-bond donors (Lipinski definition) is 2. The Bertz CT molecular complexity index is 691. The van der Waals surface area contributed by atoms with Crippen LogP contribution in [0.1, 0.15) is 29.0 Å². The zero-order valence-electron chi connectivity index (χ0n) is 15.1. The minimum atomic E-state index is -0.146. The molecular weight excluding hydrogens is 348 g/mol. The van der Waals surface area contributed by atoms with Crippen molar-refractivity contribution in [1.82, 2.24) is 10.6 Å². The number of nitrogens with one attached hydrogen (secondary N) is 2. The van der Waals surface area contributed by atoms with E-state index in [9.17, 15) is 4.79 Å². The molecule has 6 heteroatoms. The van der Waals surface area contributed by atoms with Crippen LogP contribution < -0.4 is 10.6 Å². The molecule has 1 fully saturated rings. The summed E-state index contributed by atoms with van der Waals surface area (Å²) in [5, 5.41) is 6.43. The molecule has 1 amide bonds. The molecule has 5 nitrogen and oxygen atoms in total. The van der Waals surface area contributed by atoms with E-state index in [1.807, 2.05) is 24.3 Å². The number of carbonyl (C=O) groups excluding carboxylic acids is 1. The van der Waals surface area contributed by atoms with Crippen LogP contribution in [0.2, 0.25) is 0 Å². The van der Waals surface area contributed by atoms with Crippen LogP contribution in [0.15, 0.2) is 52.0 Å². The lowest BCUT2D eigenvalue weighted by Crippen LogP contribution is -2.47. The zero-order chi connectivity index (χ0) is 18.2. The number of methoxy groups -OCH3 is 1. The summed E-state index contributed by atoms with van der Waals surface area (Å²) >= 11 is 1.69. The van der Waals surface area contributed by atoms with Crippen LogP contribution in [-0.4, -0.2) is 39.3 Å². The van der Waals surface area contributed by atoms with Crippen LogP contribution in [0.3, 0.4) is 0 Å². The minimum Gasteiger partial charge on any atom is -0.459 e. The number of carbonyl (C=O) groups is 1. The molecule has 2 aromatic rings. The summed E-state index contributed by atoms with van der Waals surface area (Å²) in [6.45, 7) is 3.18. The molecule has 0 unspecified atom stereocenters. The Hall–Kier alpha value is -1.76. The Morgan fingerprint density at radius 2 is 2.04 bits per heavy atom. The summed E-state index contributed by atoms with van der Waals surface area (Å²) < 4.78 is 10.9. The van der Waals surface area contributed by atoms with Gasteiger partial charge in [-0.15, -0.1) is 11.8 Å². The number of rotatable bonds is 8. The molecule has 0 atom stereocenters. The zero-order valence-corrected chi connectivity index (χ0v) is 15.9. The van der Waals surface area contributed by atoms with Crippen molar-refractivity contribution in [2.75, 3.05) is 33.4 Å². The van der Waals surface area contributed by atoms with E-state index in [0.717, 1.165) is 31.5 Å². The Morgan fingerprint density at radius 1 is 1.27 bits per heavy atom. The molecule has 1 aromatic heterocycles. The van der Waals surface area contributed by atoms with Gasteiger partial charge in [0.25, 0.3) is 5.91 Å². The second-order valence-electron chi connectivity index (χ2n) is 6.74. The van der Waals surface area contributed by atoms with Gasteiger partial charge < -0.3 is 19.8 Å². The summed E-state index contributed by atoms with van der Waals surface area (Å²) in [6, 6.07) is 12.0. The summed E-state index contributed by atoms with van der Waals surface area (Å²) in [7, 11) is 1.72. The molecule has 1 saturated heterocycles. The van der Waals surface area contributed by atoms with E-state index in [4.69, 9.17) is 9.15 Å². The second kappa shape index (κ2) is 9.26. The fourth-order valence-corrected chi connectivity index (χ4v) is 4.21. The van der Waals surface area contributed by atoms with Crippen molar-refractivity contribution >= 4 is 17.7 Å². The topological polar surface area (TPSA) is 63.5 Å². The van der Waals surface area contributed by atoms with Gasteiger partial charge in [-0.05, 0) is 44.1 Å². The average molecular weight is 375 g/mol. The Morgan fingerprint density at radius 3 is 2.77 bits per heavy atom. The highest BCUT2D eigenvalue weighted by molar-refractivity contribution is 7.98. The second-order valence-corrected chi connectivity index (χ2v) is 7.79. The number of piperidine rings is 1. The highest BCUT2D eigenvalue weighted by Gasteiger charge is 2.33. The van der Waals surface area contributed by atoms with Gasteiger partial charge in [0.1, 0.15) is 0 Å². The molecule has 26 heavy (non-hydrogen) atoms. The fraction of sp³-hybridized carbons (Fsp3) is 0.450. The first-order valence-electron chi connectivity index (χ1n) is 8.94. The molecule has 1 aliphatic heterocycles. The average Bonchev–Trinajstić information content (AvgIpc) is 3.15. The van der Waals surface area contributed by atoms with Gasteiger partial charge in [-0.2, -0.15) is 0 Å². The third-order valence-electron chi connectivity index (χ3n) is 4.83. The van der Waals surface area contributed by atoms with Crippen molar-refractivity contribution in [3.05, 3.63) is 54.0 Å². The molecule has 0 saturated carbocycles. The van der Waals surface area contributed by atoms with Crippen LogP contribution in [0.25, 0.3) is 0 Å². The number of ether oxygens (including phenoxy) is 1. The van der Waals surface area contributed by atoms with Crippen molar-refractivity contribution in [2.45, 2.75) is 23.5 Å². The lowest BCUT2D eigenvalue weighted by molar-refractivity contribution is 0.0506. The van der Waals surface area contributed by atoms with Crippen LogP contribution >= 0.6 is 11.8 Å². The molecule has 0 bridgehead atoms. The van der Waals surface area contributed by atoms with Gasteiger partial charge in [0.15, 0.2) is 5.76 Å². The van der Waals surface area contributed by atoms with Crippen molar-refractivity contribution in [1.29, 1.82) is 0 Å². The van der Waals surface area contributed by atoms with E-state index < -0.39 is 0 Å². The summed E-state index contributed by atoms with van der Waals surface area (Å²) in [4.78, 5) is 13.8. The van der Waals surface area contributed by atoms with E-state index in [0.29, 0.717) is 24.7 Å². The Labute approximate surface area is 158 Å². The molecule has 1 aromatic carbocycles. The smallest absolute Gasteiger partial charge is 0.287 e. The first-order valence-corrected chi connectivity index (χ1v) is 9.93. The van der Waals surface area contributed by atoms with Crippen molar-refractivity contribution in [3.63, 3.8) is 0 Å². The normalized spacial score (nSPS) is 16.3. The molecule has 140 valence electrons. The predicted octanol–water partition coefficient (Wildman–Crippen LogP) is 3.32. The summed E-state index contributed by atoms with van der Waals surface area (Å²) in [5.74, 6) is 0.971. The van der Waals surface area contributed by atoms with E-state index in [-0.39, 0.29) is 11.3 Å². The molecule has 1 aliphatic rings. The van der Waals surface area contributed by atoms with Crippen LogP contribution in [0.4, 0.5) is 0 Å². The van der Waals surface area contributed by atoms with Crippen LogP contribution in [0.5, 0.6) is 0 Å². The molecule has 2 N–H and O–H groups in total. The van der Waals surface area contributed by atoms with E-state index in [1.54, 1.807) is 25.1 Å². The minimum absolute atomic E-state index is 0.00120. The highest BCUT2D eigenvalue weighted by Crippen LogP contribution is 2.29. The van der Waals surface area contributed by atoms with Crippen molar-refractivity contribution < 1.29 is 13.9 Å². The molecule has 0 spiro atoms. The van der Waals surface area contributed by atoms with Gasteiger partial charge in [0.05, 0.1) is 12.9 Å². The van der Waals surface area contributed by atoms with Gasteiger partial charge >= 0.3 is 0 Å². The van der Waals surface area contributed by atoms with Gasteiger partial charge in [-0.3, -0.25) is 4.79 Å². The van der Waals surface area contributed by atoms with Crippen molar-refractivity contribution in [3.8, 4) is 0 Å². The molecule has 3 rings (SSSR count). The SMILES string of the molecule is COCC1(CNC(=O)c2occc2CSc2ccccc2)CCNCC1. The molecular formula is C20H26N2O3S.